The molecule has 2 aliphatic carbocycles. The lowest BCUT2D eigenvalue weighted by Gasteiger charge is -2.44. The Morgan fingerprint density at radius 2 is 1.83 bits per heavy atom. The Balaban J connectivity index is 2.10. The first-order valence-corrected chi connectivity index (χ1v) is 5.64. The largest absolute Gasteiger partial charge is 0.0651 e. The van der Waals surface area contributed by atoms with Gasteiger partial charge in [0.15, 0.2) is 0 Å². The van der Waals surface area contributed by atoms with Crippen LogP contribution in [0.2, 0.25) is 0 Å². The van der Waals surface area contributed by atoms with E-state index >= 15 is 0 Å². The summed E-state index contributed by atoms with van der Waals surface area (Å²) in [5.41, 5.74) is 1.57. The van der Waals surface area contributed by atoms with Gasteiger partial charge >= 0.3 is 0 Å². The van der Waals surface area contributed by atoms with Crippen LogP contribution < -0.4 is 0 Å². The highest BCUT2D eigenvalue weighted by Gasteiger charge is 2.76. The van der Waals surface area contributed by atoms with Crippen molar-refractivity contribution in [2.75, 3.05) is 0 Å². The van der Waals surface area contributed by atoms with Gasteiger partial charge in [0, 0.05) is 0 Å². The topological polar surface area (TPSA) is 0 Å². The van der Waals surface area contributed by atoms with E-state index in [0.29, 0.717) is 0 Å². The molecule has 0 heteroatoms. The zero-order valence-electron chi connectivity index (χ0n) is 8.98. The van der Waals surface area contributed by atoms with Gasteiger partial charge in [0.25, 0.3) is 0 Å². The minimum atomic E-state index is 0.733. The van der Waals surface area contributed by atoms with Crippen molar-refractivity contribution in [2.45, 2.75) is 53.4 Å². The van der Waals surface area contributed by atoms with Crippen molar-refractivity contribution in [2.24, 2.45) is 22.7 Å². The molecule has 0 aromatic rings. The highest BCUT2D eigenvalue weighted by molar-refractivity contribution is 5.24. The summed E-state index contributed by atoms with van der Waals surface area (Å²) in [7, 11) is 0. The molecular formula is C12H22. The number of rotatable bonds is 3. The summed E-state index contributed by atoms with van der Waals surface area (Å²) in [6.07, 6.45) is 5.78. The van der Waals surface area contributed by atoms with E-state index in [9.17, 15) is 0 Å². The smallest absolute Gasteiger partial charge is 0.0227 e. The molecule has 70 valence electrons. The molecule has 12 heavy (non-hydrogen) atoms. The fourth-order valence-electron chi connectivity index (χ4n) is 4.32. The van der Waals surface area contributed by atoms with Crippen LogP contribution in [0.4, 0.5) is 0 Å². The van der Waals surface area contributed by atoms with Crippen molar-refractivity contribution in [1.29, 1.82) is 0 Å². The van der Waals surface area contributed by atoms with Crippen LogP contribution in [0.5, 0.6) is 0 Å². The second-order valence-corrected chi connectivity index (χ2v) is 5.26. The highest BCUT2D eigenvalue weighted by atomic mass is 14.8. The van der Waals surface area contributed by atoms with E-state index in [0.717, 1.165) is 22.7 Å². The van der Waals surface area contributed by atoms with E-state index in [1.807, 2.05) is 0 Å². The summed E-state index contributed by atoms with van der Waals surface area (Å²) < 4.78 is 0. The Labute approximate surface area is 76.7 Å². The lowest BCUT2D eigenvalue weighted by Crippen LogP contribution is -2.35. The Morgan fingerprint density at radius 3 is 2.17 bits per heavy atom. The monoisotopic (exact) mass is 166 g/mol. The minimum Gasteiger partial charge on any atom is -0.0651 e. The molecule has 4 unspecified atom stereocenters. The third kappa shape index (κ3) is 0.701. The molecule has 0 amide bonds. The van der Waals surface area contributed by atoms with E-state index in [4.69, 9.17) is 0 Å². The van der Waals surface area contributed by atoms with Gasteiger partial charge in [0.2, 0.25) is 0 Å². The number of hydrogen-bond donors (Lipinski definition) is 0. The molecule has 2 rings (SSSR count). The van der Waals surface area contributed by atoms with Gasteiger partial charge in [-0.3, -0.25) is 0 Å². The fourth-order valence-corrected chi connectivity index (χ4v) is 4.32. The lowest BCUT2D eigenvalue weighted by atomic mass is 9.61. The van der Waals surface area contributed by atoms with Crippen LogP contribution in [0.3, 0.4) is 0 Å². The maximum atomic E-state index is 2.50. The van der Waals surface area contributed by atoms with Crippen LogP contribution in [0.1, 0.15) is 53.4 Å². The van der Waals surface area contributed by atoms with Gasteiger partial charge in [-0.15, -0.1) is 0 Å². The van der Waals surface area contributed by atoms with Crippen molar-refractivity contribution in [3.63, 3.8) is 0 Å². The first-order chi connectivity index (χ1) is 5.64. The van der Waals surface area contributed by atoms with Gasteiger partial charge in [-0.25, -0.2) is 0 Å². The SMILES string of the molecule is CCC1C2C(C)(CC)CC12CC. The zero-order valence-corrected chi connectivity index (χ0v) is 8.98. The Hall–Kier alpha value is 0. The molecule has 0 radical (unpaired) electrons. The van der Waals surface area contributed by atoms with Crippen LogP contribution in [0, 0.1) is 22.7 Å². The summed E-state index contributed by atoms with van der Waals surface area (Å²) in [4.78, 5) is 0. The zero-order chi connectivity index (χ0) is 8.98. The van der Waals surface area contributed by atoms with Gasteiger partial charge in [-0.05, 0) is 35.5 Å². The van der Waals surface area contributed by atoms with E-state index in [1.165, 1.54) is 25.7 Å². The average Bonchev–Trinajstić information content (AvgIpc) is 2.65. The minimum absolute atomic E-state index is 0.733. The lowest BCUT2D eigenvalue weighted by molar-refractivity contribution is 0.0565. The van der Waals surface area contributed by atoms with E-state index in [-0.39, 0.29) is 0 Å². The second-order valence-electron chi connectivity index (χ2n) is 5.26. The molecule has 4 atom stereocenters. The number of fused-ring (bicyclic) bond motifs is 1. The maximum Gasteiger partial charge on any atom is -0.0227 e. The van der Waals surface area contributed by atoms with E-state index in [1.54, 1.807) is 0 Å². The predicted molar refractivity (Wildman–Crippen MR) is 53.0 cm³/mol. The number of hydrogen-bond acceptors (Lipinski definition) is 0. The van der Waals surface area contributed by atoms with E-state index in [2.05, 4.69) is 27.7 Å². The molecule has 0 nitrogen and oxygen atoms in total. The van der Waals surface area contributed by atoms with Gasteiger partial charge < -0.3 is 0 Å². The van der Waals surface area contributed by atoms with Gasteiger partial charge in [-0.2, -0.15) is 0 Å². The molecule has 2 fully saturated rings. The standard InChI is InChI=1S/C12H22/c1-5-9-10-11(4,6-2)8-12(9,10)7-3/h9-10H,5-8H2,1-4H3. The molecule has 2 aliphatic rings. The first-order valence-electron chi connectivity index (χ1n) is 5.64. The quantitative estimate of drug-likeness (QED) is 0.597. The molecule has 2 saturated carbocycles. The Morgan fingerprint density at radius 1 is 1.17 bits per heavy atom. The van der Waals surface area contributed by atoms with Gasteiger partial charge in [0.05, 0.1) is 0 Å². The van der Waals surface area contributed by atoms with Crippen molar-refractivity contribution in [1.82, 2.24) is 0 Å². The molecular weight excluding hydrogens is 144 g/mol. The fraction of sp³-hybridized carbons (Fsp3) is 1.00. The summed E-state index contributed by atoms with van der Waals surface area (Å²) in [6, 6.07) is 0. The highest BCUT2D eigenvalue weighted by Crippen LogP contribution is 2.83. The molecule has 0 N–H and O–H groups in total. The van der Waals surface area contributed by atoms with Crippen LogP contribution in [0.25, 0.3) is 0 Å². The van der Waals surface area contributed by atoms with Crippen molar-refractivity contribution in [3.8, 4) is 0 Å². The van der Waals surface area contributed by atoms with Gasteiger partial charge in [0.1, 0.15) is 0 Å². The third-order valence-corrected chi connectivity index (χ3v) is 5.04. The second kappa shape index (κ2) is 2.27. The molecule has 0 aromatic carbocycles. The predicted octanol–water partition coefficient (Wildman–Crippen LogP) is 3.86. The first kappa shape index (κ1) is 8.59. The molecule has 0 saturated heterocycles. The molecule has 0 aromatic heterocycles. The summed E-state index contributed by atoms with van der Waals surface area (Å²) in [6.45, 7) is 9.63. The molecule has 0 spiro atoms. The third-order valence-electron chi connectivity index (χ3n) is 5.04. The summed E-state index contributed by atoms with van der Waals surface area (Å²) >= 11 is 0. The van der Waals surface area contributed by atoms with Crippen molar-refractivity contribution in [3.05, 3.63) is 0 Å². The molecule has 0 bridgehead atoms. The maximum absolute atomic E-state index is 2.50. The Bertz CT molecular complexity index is 196. The Kier molecular flexibility index (Phi) is 1.63. The van der Waals surface area contributed by atoms with Crippen molar-refractivity contribution < 1.29 is 0 Å². The molecule has 0 heterocycles. The van der Waals surface area contributed by atoms with Crippen LogP contribution in [-0.2, 0) is 0 Å². The summed E-state index contributed by atoms with van der Waals surface area (Å²) in [5, 5.41) is 0. The average molecular weight is 166 g/mol. The van der Waals surface area contributed by atoms with Crippen LogP contribution >= 0.6 is 0 Å². The van der Waals surface area contributed by atoms with E-state index < -0.39 is 0 Å². The van der Waals surface area contributed by atoms with Crippen molar-refractivity contribution >= 4 is 0 Å². The van der Waals surface area contributed by atoms with Crippen LogP contribution in [0.15, 0.2) is 0 Å². The van der Waals surface area contributed by atoms with Crippen LogP contribution in [-0.4, -0.2) is 0 Å². The molecule has 0 aliphatic heterocycles. The normalized spacial score (nSPS) is 56.0. The van der Waals surface area contributed by atoms with Gasteiger partial charge in [-0.1, -0.05) is 40.5 Å². The summed E-state index contributed by atoms with van der Waals surface area (Å²) in [5.74, 6) is 2.19.